The lowest BCUT2D eigenvalue weighted by atomic mass is 10.3. The Morgan fingerprint density at radius 1 is 1.43 bits per heavy atom. The SMILES string of the molecule is Cc1cc(C)n(-c2ccc(CNC(=O)C(F)(F)Br)cn2)n1. The molecule has 0 spiro atoms. The van der Waals surface area contributed by atoms with Gasteiger partial charge in [-0.05, 0) is 31.5 Å². The molecular formula is C13H13BrF2N4O. The second kappa shape index (κ2) is 5.88. The van der Waals surface area contributed by atoms with Crippen LogP contribution in [0, 0.1) is 13.8 Å². The summed E-state index contributed by atoms with van der Waals surface area (Å²) < 4.78 is 26.9. The number of nitrogens with one attached hydrogen (secondary N) is 1. The van der Waals surface area contributed by atoms with Crippen molar-refractivity contribution in [1.29, 1.82) is 0 Å². The number of pyridine rings is 1. The van der Waals surface area contributed by atoms with E-state index in [0.717, 1.165) is 11.4 Å². The standard InChI is InChI=1S/C13H13BrF2N4O/c1-8-5-9(2)20(19-8)11-4-3-10(6-17-11)7-18-12(21)13(14,15)16/h3-6H,7H2,1-2H3,(H,18,21). The Balaban J connectivity index is 2.06. The van der Waals surface area contributed by atoms with E-state index in [9.17, 15) is 13.6 Å². The average Bonchev–Trinajstić information content (AvgIpc) is 2.74. The van der Waals surface area contributed by atoms with Gasteiger partial charge in [0.15, 0.2) is 5.82 Å². The Hall–Kier alpha value is -1.83. The van der Waals surface area contributed by atoms with Crippen LogP contribution in [0.15, 0.2) is 24.4 Å². The number of amides is 1. The van der Waals surface area contributed by atoms with Gasteiger partial charge >= 0.3 is 10.7 Å². The van der Waals surface area contributed by atoms with Crippen molar-refractivity contribution in [3.05, 3.63) is 41.3 Å². The van der Waals surface area contributed by atoms with Crippen LogP contribution in [0.5, 0.6) is 0 Å². The molecule has 0 radical (unpaired) electrons. The first-order valence-corrected chi connectivity index (χ1v) is 6.90. The minimum absolute atomic E-state index is 0.0234. The number of aromatic nitrogens is 3. The minimum atomic E-state index is -3.57. The van der Waals surface area contributed by atoms with Crippen molar-refractivity contribution >= 4 is 21.8 Å². The molecule has 0 bridgehead atoms. The number of nitrogens with zero attached hydrogens (tertiary/aromatic N) is 3. The van der Waals surface area contributed by atoms with Crippen LogP contribution in [-0.4, -0.2) is 25.5 Å². The Kier molecular flexibility index (Phi) is 4.36. The maximum absolute atomic E-state index is 12.6. The number of aryl methyl sites for hydroxylation is 2. The van der Waals surface area contributed by atoms with Crippen LogP contribution in [0.3, 0.4) is 0 Å². The Bertz CT molecular complexity index is 649. The average molecular weight is 359 g/mol. The van der Waals surface area contributed by atoms with Gasteiger partial charge in [0.2, 0.25) is 0 Å². The molecule has 0 aliphatic rings. The van der Waals surface area contributed by atoms with E-state index in [1.165, 1.54) is 6.20 Å². The highest BCUT2D eigenvalue weighted by atomic mass is 79.9. The van der Waals surface area contributed by atoms with Gasteiger partial charge in [-0.15, -0.1) is 0 Å². The number of halogens is 3. The molecule has 1 amide bonds. The lowest BCUT2D eigenvalue weighted by Crippen LogP contribution is -2.35. The van der Waals surface area contributed by atoms with Crippen molar-refractivity contribution in [3.8, 4) is 5.82 Å². The highest BCUT2D eigenvalue weighted by Gasteiger charge is 2.34. The van der Waals surface area contributed by atoms with Crippen LogP contribution in [0.4, 0.5) is 8.78 Å². The van der Waals surface area contributed by atoms with Crippen LogP contribution in [-0.2, 0) is 11.3 Å². The van der Waals surface area contributed by atoms with Crippen molar-refractivity contribution in [2.75, 3.05) is 0 Å². The summed E-state index contributed by atoms with van der Waals surface area (Å²) in [7, 11) is 0. The van der Waals surface area contributed by atoms with Gasteiger partial charge in [-0.2, -0.15) is 13.9 Å². The van der Waals surface area contributed by atoms with Crippen LogP contribution >= 0.6 is 15.9 Å². The summed E-state index contributed by atoms with van der Waals surface area (Å²) in [4.78, 5) is 11.7. The highest BCUT2D eigenvalue weighted by Crippen LogP contribution is 2.21. The summed E-state index contributed by atoms with van der Waals surface area (Å²) in [5.74, 6) is -0.758. The molecular weight excluding hydrogens is 346 g/mol. The third-order valence-corrected chi connectivity index (χ3v) is 3.11. The molecule has 2 heterocycles. The molecule has 0 aliphatic carbocycles. The van der Waals surface area contributed by atoms with E-state index in [1.807, 2.05) is 35.8 Å². The number of hydrogen-bond donors (Lipinski definition) is 1. The molecule has 1 N–H and O–H groups in total. The zero-order valence-electron chi connectivity index (χ0n) is 11.4. The molecule has 8 heteroatoms. The lowest BCUT2D eigenvalue weighted by molar-refractivity contribution is -0.134. The summed E-state index contributed by atoms with van der Waals surface area (Å²) in [6, 6.07) is 5.34. The van der Waals surface area contributed by atoms with E-state index in [0.29, 0.717) is 11.4 Å². The largest absolute Gasteiger partial charge is 0.377 e. The monoisotopic (exact) mass is 358 g/mol. The first-order valence-electron chi connectivity index (χ1n) is 6.11. The maximum Gasteiger partial charge on any atom is 0.377 e. The van der Waals surface area contributed by atoms with Gasteiger partial charge in [0.1, 0.15) is 0 Å². The fourth-order valence-corrected chi connectivity index (χ4v) is 1.93. The smallest absolute Gasteiger partial charge is 0.346 e. The van der Waals surface area contributed by atoms with E-state index in [1.54, 1.807) is 16.8 Å². The minimum Gasteiger partial charge on any atom is -0.346 e. The van der Waals surface area contributed by atoms with Crippen molar-refractivity contribution in [1.82, 2.24) is 20.1 Å². The van der Waals surface area contributed by atoms with Gasteiger partial charge in [0, 0.05) is 34.4 Å². The molecule has 0 saturated heterocycles. The van der Waals surface area contributed by atoms with Crippen LogP contribution in [0.25, 0.3) is 5.82 Å². The predicted molar refractivity (Wildman–Crippen MR) is 76.6 cm³/mol. The van der Waals surface area contributed by atoms with Gasteiger partial charge in [-0.25, -0.2) is 9.67 Å². The van der Waals surface area contributed by atoms with Crippen LogP contribution in [0.2, 0.25) is 0 Å². The van der Waals surface area contributed by atoms with Crippen molar-refractivity contribution in [3.63, 3.8) is 0 Å². The van der Waals surface area contributed by atoms with Gasteiger partial charge < -0.3 is 5.32 Å². The van der Waals surface area contributed by atoms with E-state index in [-0.39, 0.29) is 6.54 Å². The van der Waals surface area contributed by atoms with Crippen molar-refractivity contribution in [2.24, 2.45) is 0 Å². The number of hydrogen-bond acceptors (Lipinski definition) is 3. The number of rotatable bonds is 4. The zero-order chi connectivity index (χ0) is 15.6. The molecule has 0 unspecified atom stereocenters. The molecule has 21 heavy (non-hydrogen) atoms. The van der Waals surface area contributed by atoms with Crippen LogP contribution < -0.4 is 5.32 Å². The molecule has 0 saturated carbocycles. The molecule has 2 rings (SSSR count). The molecule has 0 fully saturated rings. The van der Waals surface area contributed by atoms with Gasteiger partial charge in [-0.1, -0.05) is 6.07 Å². The fourth-order valence-electron chi connectivity index (χ4n) is 1.79. The van der Waals surface area contributed by atoms with Gasteiger partial charge in [-0.3, -0.25) is 4.79 Å². The molecule has 2 aromatic heterocycles. The summed E-state index contributed by atoms with van der Waals surface area (Å²) in [6.07, 6.45) is 1.51. The summed E-state index contributed by atoms with van der Waals surface area (Å²) >= 11 is 2.00. The molecule has 5 nitrogen and oxygen atoms in total. The Morgan fingerprint density at radius 3 is 2.62 bits per heavy atom. The number of carbonyl (C=O) groups is 1. The first-order chi connectivity index (χ1) is 9.77. The van der Waals surface area contributed by atoms with Crippen LogP contribution in [0.1, 0.15) is 17.0 Å². The Morgan fingerprint density at radius 2 is 2.14 bits per heavy atom. The predicted octanol–water partition coefficient (Wildman–Crippen LogP) is 2.49. The third-order valence-electron chi connectivity index (χ3n) is 2.75. The molecule has 112 valence electrons. The van der Waals surface area contributed by atoms with Crippen molar-refractivity contribution < 1.29 is 13.6 Å². The summed E-state index contributed by atoms with van der Waals surface area (Å²) in [6.45, 7) is 3.77. The van der Waals surface area contributed by atoms with E-state index < -0.39 is 10.7 Å². The first kappa shape index (κ1) is 15.6. The quantitative estimate of drug-likeness (QED) is 0.854. The second-order valence-corrected chi connectivity index (χ2v) is 5.54. The van der Waals surface area contributed by atoms with E-state index >= 15 is 0 Å². The number of carbonyl (C=O) groups excluding carboxylic acids is 1. The topological polar surface area (TPSA) is 59.8 Å². The van der Waals surface area contributed by atoms with Gasteiger partial charge in [0.25, 0.3) is 0 Å². The van der Waals surface area contributed by atoms with Crippen molar-refractivity contribution in [2.45, 2.75) is 25.2 Å². The highest BCUT2D eigenvalue weighted by molar-refractivity contribution is 9.10. The molecule has 0 aromatic carbocycles. The van der Waals surface area contributed by atoms with Gasteiger partial charge in [0.05, 0.1) is 5.69 Å². The lowest BCUT2D eigenvalue weighted by Gasteiger charge is -2.09. The third kappa shape index (κ3) is 3.84. The molecule has 0 atom stereocenters. The summed E-state index contributed by atoms with van der Waals surface area (Å²) in [5.41, 5.74) is 2.44. The second-order valence-electron chi connectivity index (χ2n) is 4.54. The fraction of sp³-hybridized carbons (Fsp3) is 0.308. The summed E-state index contributed by atoms with van der Waals surface area (Å²) in [5, 5.41) is 6.41. The van der Waals surface area contributed by atoms with E-state index in [2.05, 4.69) is 15.4 Å². The zero-order valence-corrected chi connectivity index (χ0v) is 13.0. The van der Waals surface area contributed by atoms with E-state index in [4.69, 9.17) is 0 Å². The number of alkyl halides is 3. The molecule has 2 aromatic rings. The maximum atomic E-state index is 12.6. The molecule has 0 aliphatic heterocycles. The Labute approximate surface area is 128 Å². The normalized spacial score (nSPS) is 11.5.